The largest absolute Gasteiger partial charge is 0.313 e. The molecule has 0 aromatic heterocycles. The zero-order valence-electron chi connectivity index (χ0n) is 9.35. The molecule has 1 aromatic rings. The zero-order chi connectivity index (χ0) is 11.4. The molecule has 0 spiro atoms. The fourth-order valence-electron chi connectivity index (χ4n) is 1.77. The van der Waals surface area contributed by atoms with E-state index in [1.165, 1.54) is 12.1 Å². The maximum Gasteiger partial charge on any atom is 0.126 e. The van der Waals surface area contributed by atoms with Gasteiger partial charge < -0.3 is 5.32 Å². The molecule has 0 bridgehead atoms. The molecule has 1 N–H and O–H groups in total. The Kier molecular flexibility index (Phi) is 4.21. The van der Waals surface area contributed by atoms with E-state index >= 15 is 0 Å². The van der Waals surface area contributed by atoms with Crippen LogP contribution in [0.15, 0.2) is 18.2 Å². The fourth-order valence-corrected chi connectivity index (χ4v) is 1.77. The smallest absolute Gasteiger partial charge is 0.126 e. The van der Waals surface area contributed by atoms with Crippen molar-refractivity contribution in [1.29, 1.82) is 0 Å². The first-order valence-corrected chi connectivity index (χ1v) is 5.21. The summed E-state index contributed by atoms with van der Waals surface area (Å²) in [5.41, 5.74) is 0.671. The van der Waals surface area contributed by atoms with E-state index in [0.717, 1.165) is 12.5 Å². The van der Waals surface area contributed by atoms with Gasteiger partial charge in [-0.05, 0) is 30.7 Å². The molecule has 0 aliphatic rings. The zero-order valence-corrected chi connectivity index (χ0v) is 9.35. The van der Waals surface area contributed by atoms with Crippen LogP contribution < -0.4 is 5.32 Å². The van der Waals surface area contributed by atoms with Crippen molar-refractivity contribution in [3.05, 3.63) is 35.4 Å². The van der Waals surface area contributed by atoms with Gasteiger partial charge in [0.25, 0.3) is 0 Å². The van der Waals surface area contributed by atoms with Crippen molar-refractivity contribution in [2.24, 2.45) is 5.92 Å². The lowest BCUT2D eigenvalue weighted by molar-refractivity contribution is 0.397. The number of benzene rings is 1. The van der Waals surface area contributed by atoms with Crippen LogP contribution in [-0.4, -0.2) is 7.05 Å². The maximum absolute atomic E-state index is 13.0. The van der Waals surface area contributed by atoms with E-state index in [2.05, 4.69) is 19.2 Å². The van der Waals surface area contributed by atoms with E-state index in [9.17, 15) is 8.78 Å². The third-order valence-corrected chi connectivity index (χ3v) is 2.77. The van der Waals surface area contributed by atoms with Crippen LogP contribution in [0.2, 0.25) is 0 Å². The van der Waals surface area contributed by atoms with Crippen LogP contribution in [-0.2, 0) is 0 Å². The number of nitrogens with one attached hydrogen (secondary N) is 1. The molecule has 84 valence electrons. The van der Waals surface area contributed by atoms with E-state index in [4.69, 9.17) is 0 Å². The molecule has 0 radical (unpaired) electrons. The number of hydrogen-bond acceptors (Lipinski definition) is 1. The summed E-state index contributed by atoms with van der Waals surface area (Å²) in [6.07, 6.45) is 0.962. The highest BCUT2D eigenvalue weighted by molar-refractivity contribution is 5.22. The van der Waals surface area contributed by atoms with E-state index in [1.54, 1.807) is 7.05 Å². The Bertz CT molecular complexity index is 305. The Morgan fingerprint density at radius 2 is 1.73 bits per heavy atom. The van der Waals surface area contributed by atoms with Crippen molar-refractivity contribution in [1.82, 2.24) is 5.32 Å². The summed E-state index contributed by atoms with van der Waals surface area (Å²) >= 11 is 0. The normalized spacial score (nSPS) is 15.0. The SMILES string of the molecule is CCC(C)C(NC)c1cc(F)cc(F)c1. The second-order valence-corrected chi connectivity index (χ2v) is 3.85. The predicted octanol–water partition coefficient (Wildman–Crippen LogP) is 3.27. The molecule has 0 aliphatic carbocycles. The topological polar surface area (TPSA) is 12.0 Å². The minimum Gasteiger partial charge on any atom is -0.313 e. The molecule has 0 aliphatic heterocycles. The van der Waals surface area contributed by atoms with Crippen molar-refractivity contribution >= 4 is 0 Å². The highest BCUT2D eigenvalue weighted by Gasteiger charge is 2.17. The van der Waals surface area contributed by atoms with Gasteiger partial charge in [0.1, 0.15) is 11.6 Å². The molecular weight excluding hydrogens is 196 g/mol. The molecule has 2 atom stereocenters. The lowest BCUT2D eigenvalue weighted by Crippen LogP contribution is -2.23. The highest BCUT2D eigenvalue weighted by atomic mass is 19.1. The molecule has 2 unspecified atom stereocenters. The molecule has 0 saturated carbocycles. The number of rotatable bonds is 4. The molecule has 1 aromatic carbocycles. The van der Waals surface area contributed by atoms with Gasteiger partial charge in [-0.1, -0.05) is 20.3 Å². The van der Waals surface area contributed by atoms with Crippen molar-refractivity contribution in [2.75, 3.05) is 7.05 Å². The minimum absolute atomic E-state index is 0.000185. The molecule has 3 heteroatoms. The Morgan fingerprint density at radius 1 is 1.20 bits per heavy atom. The van der Waals surface area contributed by atoms with E-state index in [1.807, 2.05) is 0 Å². The first-order valence-electron chi connectivity index (χ1n) is 5.21. The van der Waals surface area contributed by atoms with Crippen molar-refractivity contribution in [2.45, 2.75) is 26.3 Å². The van der Waals surface area contributed by atoms with Gasteiger partial charge in [-0.3, -0.25) is 0 Å². The molecule has 0 saturated heterocycles. The Labute approximate surface area is 89.5 Å². The van der Waals surface area contributed by atoms with Gasteiger partial charge in [-0.25, -0.2) is 8.78 Å². The summed E-state index contributed by atoms with van der Waals surface area (Å²) in [7, 11) is 1.81. The van der Waals surface area contributed by atoms with Crippen LogP contribution in [0.5, 0.6) is 0 Å². The lowest BCUT2D eigenvalue weighted by atomic mass is 9.92. The summed E-state index contributed by atoms with van der Waals surface area (Å²) in [4.78, 5) is 0. The maximum atomic E-state index is 13.0. The lowest BCUT2D eigenvalue weighted by Gasteiger charge is -2.23. The minimum atomic E-state index is -0.520. The fraction of sp³-hybridized carbons (Fsp3) is 0.500. The van der Waals surface area contributed by atoms with Gasteiger partial charge in [0.05, 0.1) is 0 Å². The Morgan fingerprint density at radius 3 is 2.13 bits per heavy atom. The van der Waals surface area contributed by atoms with E-state index in [0.29, 0.717) is 11.5 Å². The molecule has 1 nitrogen and oxygen atoms in total. The quantitative estimate of drug-likeness (QED) is 0.809. The monoisotopic (exact) mass is 213 g/mol. The van der Waals surface area contributed by atoms with Crippen LogP contribution in [0.4, 0.5) is 8.78 Å². The molecular formula is C12H17F2N. The molecule has 0 amide bonds. The van der Waals surface area contributed by atoms with E-state index < -0.39 is 11.6 Å². The number of hydrogen-bond donors (Lipinski definition) is 1. The summed E-state index contributed by atoms with van der Waals surface area (Å²) in [6.45, 7) is 4.12. The predicted molar refractivity (Wildman–Crippen MR) is 57.6 cm³/mol. The third-order valence-electron chi connectivity index (χ3n) is 2.77. The van der Waals surface area contributed by atoms with Gasteiger partial charge in [0.2, 0.25) is 0 Å². The van der Waals surface area contributed by atoms with Crippen LogP contribution >= 0.6 is 0 Å². The highest BCUT2D eigenvalue weighted by Crippen LogP contribution is 2.25. The summed E-state index contributed by atoms with van der Waals surface area (Å²) < 4.78 is 26.0. The second kappa shape index (κ2) is 5.21. The van der Waals surface area contributed by atoms with Gasteiger partial charge in [-0.2, -0.15) is 0 Å². The van der Waals surface area contributed by atoms with Gasteiger partial charge in [0.15, 0.2) is 0 Å². The Balaban J connectivity index is 3.01. The molecule has 0 heterocycles. The summed E-state index contributed by atoms with van der Waals surface area (Å²) in [6, 6.07) is 3.67. The average molecular weight is 213 g/mol. The van der Waals surface area contributed by atoms with Crippen molar-refractivity contribution < 1.29 is 8.78 Å². The van der Waals surface area contributed by atoms with Gasteiger partial charge in [0, 0.05) is 12.1 Å². The summed E-state index contributed by atoms with van der Waals surface area (Å²) in [5, 5.41) is 3.09. The first-order chi connectivity index (χ1) is 7.08. The van der Waals surface area contributed by atoms with Crippen LogP contribution in [0, 0.1) is 17.6 Å². The standard InChI is InChI=1S/C12H17F2N/c1-4-8(2)12(15-3)9-5-10(13)7-11(14)6-9/h5-8,12,15H,4H2,1-3H3. The molecule has 0 fully saturated rings. The second-order valence-electron chi connectivity index (χ2n) is 3.85. The van der Waals surface area contributed by atoms with Gasteiger partial charge >= 0.3 is 0 Å². The summed E-state index contributed by atoms with van der Waals surface area (Å²) in [5.74, 6) is -0.696. The first kappa shape index (κ1) is 12.1. The van der Waals surface area contributed by atoms with Crippen molar-refractivity contribution in [3.63, 3.8) is 0 Å². The Hall–Kier alpha value is -0.960. The molecule has 1 rings (SSSR count). The number of halogens is 2. The van der Waals surface area contributed by atoms with Crippen molar-refractivity contribution in [3.8, 4) is 0 Å². The van der Waals surface area contributed by atoms with Crippen LogP contribution in [0.1, 0.15) is 31.9 Å². The average Bonchev–Trinajstić information content (AvgIpc) is 2.17. The van der Waals surface area contributed by atoms with Crippen LogP contribution in [0.3, 0.4) is 0 Å². The third kappa shape index (κ3) is 2.99. The van der Waals surface area contributed by atoms with E-state index in [-0.39, 0.29) is 6.04 Å². The molecule has 15 heavy (non-hydrogen) atoms. The van der Waals surface area contributed by atoms with Crippen LogP contribution in [0.25, 0.3) is 0 Å². The van der Waals surface area contributed by atoms with Gasteiger partial charge in [-0.15, -0.1) is 0 Å².